The van der Waals surface area contributed by atoms with Crippen molar-refractivity contribution in [2.45, 2.75) is 6.92 Å². The highest BCUT2D eigenvalue weighted by Gasteiger charge is 2.12. The molecule has 0 saturated heterocycles. The van der Waals surface area contributed by atoms with Gasteiger partial charge in [0.1, 0.15) is 11.4 Å². The Hall–Kier alpha value is -2.04. The third kappa shape index (κ3) is 1.63. The molecule has 0 aliphatic heterocycles. The van der Waals surface area contributed by atoms with Crippen molar-refractivity contribution < 1.29 is 14.6 Å². The lowest BCUT2D eigenvalue weighted by Crippen LogP contribution is -2.07. The molecule has 15 heavy (non-hydrogen) atoms. The van der Waals surface area contributed by atoms with Gasteiger partial charge in [-0.25, -0.2) is 9.78 Å². The van der Waals surface area contributed by atoms with Crippen LogP contribution in [-0.4, -0.2) is 27.1 Å². The second kappa shape index (κ2) is 3.61. The molecule has 2 rings (SSSR count). The van der Waals surface area contributed by atoms with Crippen molar-refractivity contribution in [2.24, 2.45) is 0 Å². The normalized spacial score (nSPS) is 10.5. The van der Waals surface area contributed by atoms with E-state index in [4.69, 9.17) is 4.74 Å². The first-order valence-electron chi connectivity index (χ1n) is 4.55. The van der Waals surface area contributed by atoms with Crippen molar-refractivity contribution in [1.29, 1.82) is 0 Å². The average molecular weight is 206 g/mol. The number of ether oxygens (including phenoxy) is 1. The molecule has 5 heteroatoms. The van der Waals surface area contributed by atoms with Crippen LogP contribution in [0, 0.1) is 0 Å². The number of nitrogens with zero attached hydrogens (tertiary/aromatic N) is 2. The Bertz CT molecular complexity index is 504. The minimum atomic E-state index is -0.449. The van der Waals surface area contributed by atoms with E-state index in [2.05, 4.69) is 4.98 Å². The molecule has 0 radical (unpaired) electrons. The molecule has 78 valence electrons. The number of hydrogen-bond donors (Lipinski definition) is 1. The highest BCUT2D eigenvalue weighted by Crippen LogP contribution is 2.13. The summed E-state index contributed by atoms with van der Waals surface area (Å²) in [6, 6.07) is 3.13. The van der Waals surface area contributed by atoms with Gasteiger partial charge in [0.2, 0.25) is 0 Å². The number of esters is 1. The molecule has 0 atom stereocenters. The van der Waals surface area contributed by atoms with Crippen molar-refractivity contribution in [3.63, 3.8) is 0 Å². The van der Waals surface area contributed by atoms with Gasteiger partial charge in [0.05, 0.1) is 19.0 Å². The molecule has 0 aromatic carbocycles. The van der Waals surface area contributed by atoms with E-state index in [1.807, 2.05) is 0 Å². The Morgan fingerprint density at radius 2 is 2.40 bits per heavy atom. The molecule has 0 bridgehead atoms. The average Bonchev–Trinajstić information content (AvgIpc) is 2.60. The molecule has 2 aromatic heterocycles. The number of hydrogen-bond acceptors (Lipinski definition) is 4. The standard InChI is InChI=1S/C10H10N2O3/c1-2-15-10(14)8-5-11-9-4-3-7(13)6-12(8)9/h3-6,13H,2H2,1H3. The summed E-state index contributed by atoms with van der Waals surface area (Å²) in [7, 11) is 0. The molecular weight excluding hydrogens is 196 g/mol. The van der Waals surface area contributed by atoms with Gasteiger partial charge in [-0.05, 0) is 19.1 Å². The van der Waals surface area contributed by atoms with Gasteiger partial charge in [-0.1, -0.05) is 0 Å². The van der Waals surface area contributed by atoms with Gasteiger partial charge in [0.15, 0.2) is 5.69 Å². The number of rotatable bonds is 2. The summed E-state index contributed by atoms with van der Waals surface area (Å²) < 4.78 is 6.35. The van der Waals surface area contributed by atoms with Crippen molar-refractivity contribution in [3.05, 3.63) is 30.2 Å². The molecule has 1 N–H and O–H groups in total. The first-order valence-corrected chi connectivity index (χ1v) is 4.55. The van der Waals surface area contributed by atoms with E-state index in [-0.39, 0.29) is 5.75 Å². The number of aromatic nitrogens is 2. The zero-order valence-electron chi connectivity index (χ0n) is 8.17. The van der Waals surface area contributed by atoms with Crippen LogP contribution >= 0.6 is 0 Å². The van der Waals surface area contributed by atoms with Crippen molar-refractivity contribution >= 4 is 11.6 Å². The first kappa shape index (κ1) is 9.51. The Morgan fingerprint density at radius 1 is 1.60 bits per heavy atom. The monoisotopic (exact) mass is 206 g/mol. The molecule has 0 spiro atoms. The van der Waals surface area contributed by atoms with Gasteiger partial charge < -0.3 is 9.84 Å². The molecule has 2 aromatic rings. The topological polar surface area (TPSA) is 63.8 Å². The summed E-state index contributed by atoms with van der Waals surface area (Å²) >= 11 is 0. The van der Waals surface area contributed by atoms with E-state index in [1.165, 1.54) is 22.9 Å². The van der Waals surface area contributed by atoms with Crippen LogP contribution in [0.15, 0.2) is 24.5 Å². The van der Waals surface area contributed by atoms with Crippen LogP contribution in [0.5, 0.6) is 5.75 Å². The number of fused-ring (bicyclic) bond motifs is 1. The third-order valence-corrected chi connectivity index (χ3v) is 1.97. The Kier molecular flexibility index (Phi) is 2.29. The summed E-state index contributed by atoms with van der Waals surface area (Å²) in [6.07, 6.45) is 2.85. The highest BCUT2D eigenvalue weighted by atomic mass is 16.5. The summed E-state index contributed by atoms with van der Waals surface area (Å²) in [4.78, 5) is 15.5. The Balaban J connectivity index is 2.52. The fraction of sp³-hybridized carbons (Fsp3) is 0.200. The van der Waals surface area contributed by atoms with Crippen molar-refractivity contribution in [1.82, 2.24) is 9.38 Å². The van der Waals surface area contributed by atoms with Gasteiger partial charge in [-0.3, -0.25) is 4.40 Å². The number of carbonyl (C=O) groups is 1. The minimum Gasteiger partial charge on any atom is -0.506 e. The predicted octanol–water partition coefficient (Wildman–Crippen LogP) is 1.22. The van der Waals surface area contributed by atoms with E-state index in [9.17, 15) is 9.90 Å². The molecule has 0 fully saturated rings. The molecule has 0 aliphatic rings. The van der Waals surface area contributed by atoms with Crippen LogP contribution in [0.2, 0.25) is 0 Å². The van der Waals surface area contributed by atoms with Crippen LogP contribution in [-0.2, 0) is 4.74 Å². The van der Waals surface area contributed by atoms with E-state index in [1.54, 1.807) is 13.0 Å². The fourth-order valence-corrected chi connectivity index (χ4v) is 1.33. The largest absolute Gasteiger partial charge is 0.506 e. The first-order chi connectivity index (χ1) is 7.22. The number of carbonyl (C=O) groups excluding carboxylic acids is 1. The van der Waals surface area contributed by atoms with Gasteiger partial charge >= 0.3 is 5.97 Å². The summed E-state index contributed by atoms with van der Waals surface area (Å²) in [5.74, 6) is -0.373. The molecule has 0 saturated carbocycles. The highest BCUT2D eigenvalue weighted by molar-refractivity contribution is 5.88. The van der Waals surface area contributed by atoms with Crippen molar-refractivity contribution in [3.8, 4) is 5.75 Å². The van der Waals surface area contributed by atoms with Gasteiger partial charge in [0.25, 0.3) is 0 Å². The summed E-state index contributed by atoms with van der Waals surface area (Å²) in [5.41, 5.74) is 0.901. The molecule has 5 nitrogen and oxygen atoms in total. The molecule has 0 amide bonds. The van der Waals surface area contributed by atoms with Crippen molar-refractivity contribution in [2.75, 3.05) is 6.61 Å². The van der Waals surface area contributed by atoms with E-state index < -0.39 is 5.97 Å². The van der Waals surface area contributed by atoms with Crippen LogP contribution in [0.3, 0.4) is 0 Å². The van der Waals surface area contributed by atoms with Crippen LogP contribution < -0.4 is 0 Å². The van der Waals surface area contributed by atoms with Crippen LogP contribution in [0.1, 0.15) is 17.4 Å². The van der Waals surface area contributed by atoms with Crippen LogP contribution in [0.4, 0.5) is 0 Å². The third-order valence-electron chi connectivity index (χ3n) is 1.97. The molecule has 0 unspecified atom stereocenters. The maximum absolute atomic E-state index is 11.5. The number of aromatic hydroxyl groups is 1. The lowest BCUT2D eigenvalue weighted by Gasteiger charge is -2.01. The lowest BCUT2D eigenvalue weighted by atomic mass is 10.4. The quantitative estimate of drug-likeness (QED) is 0.750. The SMILES string of the molecule is CCOC(=O)c1cnc2ccc(O)cn12. The Morgan fingerprint density at radius 3 is 3.13 bits per heavy atom. The predicted molar refractivity (Wildman–Crippen MR) is 52.8 cm³/mol. The van der Waals surface area contributed by atoms with Gasteiger partial charge in [-0.15, -0.1) is 0 Å². The van der Waals surface area contributed by atoms with Gasteiger partial charge in [0, 0.05) is 0 Å². The zero-order valence-corrected chi connectivity index (χ0v) is 8.17. The summed E-state index contributed by atoms with van der Waals surface area (Å²) in [6.45, 7) is 2.05. The zero-order chi connectivity index (χ0) is 10.8. The van der Waals surface area contributed by atoms with Gasteiger partial charge in [-0.2, -0.15) is 0 Å². The number of imidazole rings is 1. The maximum atomic E-state index is 11.5. The maximum Gasteiger partial charge on any atom is 0.356 e. The molecule has 2 heterocycles. The summed E-state index contributed by atoms with van der Waals surface area (Å²) in [5, 5.41) is 9.28. The number of pyridine rings is 1. The lowest BCUT2D eigenvalue weighted by molar-refractivity contribution is 0.0518. The fourth-order valence-electron chi connectivity index (χ4n) is 1.33. The van der Waals surface area contributed by atoms with E-state index in [0.717, 1.165) is 0 Å². The molecule has 0 aliphatic carbocycles. The minimum absolute atomic E-state index is 0.0750. The second-order valence-electron chi connectivity index (χ2n) is 2.98. The van der Waals surface area contributed by atoms with Crippen LogP contribution in [0.25, 0.3) is 5.65 Å². The van der Waals surface area contributed by atoms with E-state index >= 15 is 0 Å². The molecular formula is C10H10N2O3. The van der Waals surface area contributed by atoms with E-state index in [0.29, 0.717) is 17.9 Å². The Labute approximate surface area is 85.9 Å². The smallest absolute Gasteiger partial charge is 0.356 e. The second-order valence-corrected chi connectivity index (χ2v) is 2.98.